The number of rotatable bonds is 3. The highest BCUT2D eigenvalue weighted by atomic mass is 19.2. The molecule has 0 N–H and O–H groups in total. The lowest BCUT2D eigenvalue weighted by molar-refractivity contribution is 0.381. The molecule has 172 valence electrons. The first-order chi connectivity index (χ1) is 16.9. The Morgan fingerprint density at radius 2 is 0.886 bits per heavy atom. The van der Waals surface area contributed by atoms with E-state index in [0.717, 1.165) is 21.8 Å². The van der Waals surface area contributed by atoms with Crippen molar-refractivity contribution in [1.29, 1.82) is 0 Å². The fraction of sp³-hybridized carbons (Fsp3) is 0. The summed E-state index contributed by atoms with van der Waals surface area (Å²) in [5.41, 5.74) is 1.54. The zero-order valence-electron chi connectivity index (χ0n) is 17.9. The molecule has 35 heavy (non-hydrogen) atoms. The van der Waals surface area contributed by atoms with Crippen molar-refractivity contribution in [3.05, 3.63) is 120 Å². The van der Waals surface area contributed by atoms with Crippen LogP contribution >= 0.6 is 0 Å². The SMILES string of the molecule is Fc1c(F)c(F)c(-c2cc(-n3ccc4ccccc43)cc(-n3ccc4ccccc43)c2)c(F)c1F. The lowest BCUT2D eigenvalue weighted by atomic mass is 10.0. The van der Waals surface area contributed by atoms with E-state index in [1.807, 2.05) is 60.7 Å². The molecule has 0 amide bonds. The van der Waals surface area contributed by atoms with Crippen LogP contribution in [0.15, 0.2) is 91.3 Å². The van der Waals surface area contributed by atoms with Gasteiger partial charge in [0, 0.05) is 23.8 Å². The second-order valence-electron chi connectivity index (χ2n) is 8.17. The smallest absolute Gasteiger partial charge is 0.200 e. The van der Waals surface area contributed by atoms with Gasteiger partial charge in [-0.25, -0.2) is 22.0 Å². The Hall–Kier alpha value is -4.39. The summed E-state index contributed by atoms with van der Waals surface area (Å²) in [7, 11) is 0. The van der Waals surface area contributed by atoms with Crippen molar-refractivity contribution in [2.75, 3.05) is 0 Å². The molecule has 2 nitrogen and oxygen atoms in total. The average Bonchev–Trinajstić information content (AvgIpc) is 3.51. The molecule has 0 spiro atoms. The van der Waals surface area contributed by atoms with Crippen molar-refractivity contribution in [2.24, 2.45) is 0 Å². The molecule has 0 radical (unpaired) electrons. The highest BCUT2D eigenvalue weighted by molar-refractivity contribution is 5.85. The first kappa shape index (κ1) is 21.2. The second kappa shape index (κ2) is 7.84. The number of para-hydroxylation sites is 2. The van der Waals surface area contributed by atoms with E-state index in [2.05, 4.69) is 0 Å². The molecule has 7 heteroatoms. The molecule has 0 aliphatic rings. The summed E-state index contributed by atoms with van der Waals surface area (Å²) in [6.07, 6.45) is 3.58. The maximum atomic E-state index is 14.8. The third-order valence-electron chi connectivity index (χ3n) is 6.16. The Bertz CT molecular complexity index is 1640. The van der Waals surface area contributed by atoms with Crippen molar-refractivity contribution in [1.82, 2.24) is 9.13 Å². The lowest BCUT2D eigenvalue weighted by Gasteiger charge is -2.15. The Balaban J connectivity index is 1.68. The molecule has 4 aromatic carbocycles. The van der Waals surface area contributed by atoms with Crippen LogP contribution in [0.25, 0.3) is 44.3 Å². The van der Waals surface area contributed by atoms with Gasteiger partial charge in [0.05, 0.1) is 16.6 Å². The third kappa shape index (κ3) is 3.23. The van der Waals surface area contributed by atoms with Crippen LogP contribution in [-0.2, 0) is 0 Å². The Kier molecular flexibility index (Phi) is 4.74. The predicted octanol–water partition coefficient (Wildman–Crippen LogP) is 7.94. The summed E-state index contributed by atoms with van der Waals surface area (Å²) >= 11 is 0. The van der Waals surface area contributed by atoms with E-state index < -0.39 is 34.6 Å². The van der Waals surface area contributed by atoms with Crippen LogP contribution in [-0.4, -0.2) is 9.13 Å². The normalized spacial score (nSPS) is 11.6. The van der Waals surface area contributed by atoms with E-state index in [0.29, 0.717) is 11.4 Å². The average molecular weight is 474 g/mol. The maximum absolute atomic E-state index is 14.8. The molecule has 0 saturated heterocycles. The van der Waals surface area contributed by atoms with Crippen molar-refractivity contribution < 1.29 is 22.0 Å². The molecule has 0 aliphatic heterocycles. The Labute approximate surface area is 196 Å². The molecule has 0 unspecified atom stereocenters. The molecule has 2 aromatic heterocycles. The number of halogens is 5. The van der Waals surface area contributed by atoms with Gasteiger partial charge in [-0.2, -0.15) is 0 Å². The maximum Gasteiger partial charge on any atom is 0.200 e. The predicted molar refractivity (Wildman–Crippen MR) is 125 cm³/mol. The number of fused-ring (bicyclic) bond motifs is 2. The van der Waals surface area contributed by atoms with Gasteiger partial charge >= 0.3 is 0 Å². The van der Waals surface area contributed by atoms with Crippen LogP contribution < -0.4 is 0 Å². The summed E-state index contributed by atoms with van der Waals surface area (Å²) in [6, 6.07) is 23.5. The quantitative estimate of drug-likeness (QED) is 0.140. The van der Waals surface area contributed by atoms with Gasteiger partial charge < -0.3 is 9.13 Å². The molecule has 0 aliphatic carbocycles. The topological polar surface area (TPSA) is 9.86 Å². The minimum absolute atomic E-state index is 0.138. The standard InChI is InChI=1S/C28H15F5N2/c29-24-23(25(30)27(32)28(33)26(24)31)18-13-19(34-11-9-16-5-1-3-7-21(16)34)15-20(14-18)35-12-10-17-6-2-4-8-22(17)35/h1-15H. The fourth-order valence-corrected chi connectivity index (χ4v) is 4.49. The molecule has 0 bridgehead atoms. The van der Waals surface area contributed by atoms with Gasteiger partial charge in [-0.1, -0.05) is 36.4 Å². The number of nitrogens with zero attached hydrogens (tertiary/aromatic N) is 2. The van der Waals surface area contributed by atoms with Crippen molar-refractivity contribution in [3.8, 4) is 22.5 Å². The van der Waals surface area contributed by atoms with E-state index in [4.69, 9.17) is 0 Å². The fourth-order valence-electron chi connectivity index (χ4n) is 4.49. The molecular formula is C28H15F5N2. The zero-order chi connectivity index (χ0) is 24.3. The summed E-state index contributed by atoms with van der Waals surface area (Å²) in [6.45, 7) is 0. The number of hydrogen-bond acceptors (Lipinski definition) is 0. The van der Waals surface area contributed by atoms with Crippen molar-refractivity contribution >= 4 is 21.8 Å². The van der Waals surface area contributed by atoms with Crippen molar-refractivity contribution in [3.63, 3.8) is 0 Å². The first-order valence-electron chi connectivity index (χ1n) is 10.7. The summed E-state index contributed by atoms with van der Waals surface area (Å²) in [4.78, 5) is 0. The van der Waals surface area contributed by atoms with Crippen LogP contribution in [0, 0.1) is 29.1 Å². The van der Waals surface area contributed by atoms with Gasteiger partial charge in [0.15, 0.2) is 23.3 Å². The third-order valence-corrected chi connectivity index (χ3v) is 6.16. The number of hydrogen-bond donors (Lipinski definition) is 0. The molecule has 0 saturated carbocycles. The molecule has 6 rings (SSSR count). The number of aromatic nitrogens is 2. The van der Waals surface area contributed by atoms with Crippen LogP contribution in [0.4, 0.5) is 22.0 Å². The molecule has 0 atom stereocenters. The highest BCUT2D eigenvalue weighted by Gasteiger charge is 2.27. The van der Waals surface area contributed by atoms with Crippen LogP contribution in [0.3, 0.4) is 0 Å². The van der Waals surface area contributed by atoms with E-state index in [9.17, 15) is 22.0 Å². The molecule has 2 heterocycles. The van der Waals surface area contributed by atoms with Gasteiger partial charge in [0.2, 0.25) is 5.82 Å². The van der Waals surface area contributed by atoms with Gasteiger partial charge in [-0.15, -0.1) is 0 Å². The van der Waals surface area contributed by atoms with E-state index in [1.165, 1.54) is 12.1 Å². The van der Waals surface area contributed by atoms with E-state index in [-0.39, 0.29) is 5.56 Å². The minimum atomic E-state index is -2.19. The molecule has 0 fully saturated rings. The lowest BCUT2D eigenvalue weighted by Crippen LogP contribution is -2.05. The van der Waals surface area contributed by atoms with Crippen LogP contribution in [0.5, 0.6) is 0 Å². The monoisotopic (exact) mass is 474 g/mol. The second-order valence-corrected chi connectivity index (χ2v) is 8.17. The van der Waals surface area contributed by atoms with Gasteiger partial charge in [-0.05, 0) is 58.8 Å². The highest BCUT2D eigenvalue weighted by Crippen LogP contribution is 2.35. The molecule has 6 aromatic rings. The summed E-state index contributed by atoms with van der Waals surface area (Å²) < 4.78 is 75.1. The van der Waals surface area contributed by atoms with Crippen LogP contribution in [0.1, 0.15) is 0 Å². The first-order valence-corrected chi connectivity index (χ1v) is 10.7. The van der Waals surface area contributed by atoms with Crippen LogP contribution in [0.2, 0.25) is 0 Å². The van der Waals surface area contributed by atoms with Gasteiger partial charge in [0.25, 0.3) is 0 Å². The number of benzene rings is 4. The van der Waals surface area contributed by atoms with E-state index in [1.54, 1.807) is 27.6 Å². The summed E-state index contributed by atoms with van der Waals surface area (Å²) in [5.74, 6) is -9.90. The Morgan fingerprint density at radius 1 is 0.457 bits per heavy atom. The zero-order valence-corrected chi connectivity index (χ0v) is 17.9. The van der Waals surface area contributed by atoms with Crippen molar-refractivity contribution in [2.45, 2.75) is 0 Å². The largest absolute Gasteiger partial charge is 0.316 e. The van der Waals surface area contributed by atoms with Gasteiger partial charge in [0.1, 0.15) is 0 Å². The minimum Gasteiger partial charge on any atom is -0.316 e. The molecular weight excluding hydrogens is 459 g/mol. The van der Waals surface area contributed by atoms with Gasteiger partial charge in [-0.3, -0.25) is 0 Å². The Morgan fingerprint density at radius 3 is 1.37 bits per heavy atom. The summed E-state index contributed by atoms with van der Waals surface area (Å²) in [5, 5.41) is 1.86. The van der Waals surface area contributed by atoms with E-state index >= 15 is 0 Å².